The quantitative estimate of drug-likeness (QED) is 0.671. The maximum atomic E-state index is 4.52. The average Bonchev–Trinajstić information content (AvgIpc) is 2.77. The number of aryl methyl sites for hydroxylation is 1. The van der Waals surface area contributed by atoms with Crippen molar-refractivity contribution in [1.82, 2.24) is 14.8 Å². The number of nitrogens with zero attached hydrogens (tertiary/aromatic N) is 3. The zero-order valence-corrected chi connectivity index (χ0v) is 13.8. The third-order valence-electron chi connectivity index (χ3n) is 3.98. The lowest BCUT2D eigenvalue weighted by Crippen LogP contribution is -2.06. The molecule has 0 fully saturated rings. The van der Waals surface area contributed by atoms with Crippen molar-refractivity contribution >= 4 is 24.4 Å². The van der Waals surface area contributed by atoms with Crippen molar-refractivity contribution in [2.24, 2.45) is 0 Å². The Morgan fingerprint density at radius 2 is 2.00 bits per heavy atom. The monoisotopic (exact) mass is 319 g/mol. The Morgan fingerprint density at radius 1 is 1.14 bits per heavy atom. The van der Waals surface area contributed by atoms with Crippen LogP contribution in [-0.4, -0.2) is 26.3 Å². The van der Waals surface area contributed by atoms with E-state index in [1.165, 1.54) is 24.8 Å². The minimum absolute atomic E-state index is 0.457. The van der Waals surface area contributed by atoms with Gasteiger partial charge >= 0.3 is 0 Å². The van der Waals surface area contributed by atoms with Gasteiger partial charge in [-0.2, -0.15) is 12.6 Å². The summed E-state index contributed by atoms with van der Waals surface area (Å²) in [4.78, 5) is 0. The van der Waals surface area contributed by atoms with Crippen molar-refractivity contribution in [3.8, 4) is 0 Å². The second kappa shape index (κ2) is 7.36. The van der Waals surface area contributed by atoms with E-state index < -0.39 is 0 Å². The number of hydrogen-bond donors (Lipinski definition) is 1. The highest BCUT2D eigenvalue weighted by molar-refractivity contribution is 7.99. The summed E-state index contributed by atoms with van der Waals surface area (Å²) in [6, 6.07) is 10.6. The Labute approximate surface area is 136 Å². The number of thioether (sulfide) groups is 1. The zero-order valence-electron chi connectivity index (χ0n) is 12.1. The number of thiol groups is 1. The molecule has 3 rings (SSSR count). The molecule has 0 aliphatic carbocycles. The minimum Gasteiger partial charge on any atom is -0.306 e. The lowest BCUT2D eigenvalue weighted by molar-refractivity contribution is 0.590. The summed E-state index contributed by atoms with van der Waals surface area (Å²) in [5.41, 5.74) is 1.36. The van der Waals surface area contributed by atoms with Crippen LogP contribution < -0.4 is 0 Å². The molecule has 0 bridgehead atoms. The molecule has 1 aromatic heterocycles. The van der Waals surface area contributed by atoms with Crippen LogP contribution in [0.25, 0.3) is 0 Å². The number of aromatic nitrogens is 3. The molecule has 1 aliphatic rings. The van der Waals surface area contributed by atoms with Crippen LogP contribution in [0.15, 0.2) is 35.5 Å². The van der Waals surface area contributed by atoms with E-state index in [0.29, 0.717) is 5.92 Å². The van der Waals surface area contributed by atoms with Crippen LogP contribution in [0.4, 0.5) is 0 Å². The lowest BCUT2D eigenvalue weighted by atomic mass is 10.0. The van der Waals surface area contributed by atoms with Crippen LogP contribution in [-0.2, 0) is 13.0 Å². The van der Waals surface area contributed by atoms with E-state index in [-0.39, 0.29) is 0 Å². The Bertz CT molecular complexity index is 568. The zero-order chi connectivity index (χ0) is 14.5. The van der Waals surface area contributed by atoms with Gasteiger partial charge in [0.15, 0.2) is 5.16 Å². The molecule has 112 valence electrons. The Balaban J connectivity index is 1.68. The van der Waals surface area contributed by atoms with Crippen LogP contribution in [0.1, 0.15) is 36.6 Å². The van der Waals surface area contributed by atoms with Crippen LogP contribution in [0.5, 0.6) is 0 Å². The summed E-state index contributed by atoms with van der Waals surface area (Å²) in [6.07, 6.45) is 4.86. The van der Waals surface area contributed by atoms with Gasteiger partial charge in [-0.25, -0.2) is 0 Å². The molecule has 0 amide bonds. The van der Waals surface area contributed by atoms with E-state index >= 15 is 0 Å². The molecule has 0 saturated heterocycles. The SMILES string of the molecule is SCC(CSc1nnc2n1CCCCC2)c1ccccc1. The summed E-state index contributed by atoms with van der Waals surface area (Å²) in [5, 5.41) is 9.83. The normalized spacial score (nSPS) is 16.2. The first kappa shape index (κ1) is 15.0. The van der Waals surface area contributed by atoms with Crippen molar-refractivity contribution in [1.29, 1.82) is 0 Å². The highest BCUT2D eigenvalue weighted by Gasteiger charge is 2.17. The van der Waals surface area contributed by atoms with Crippen molar-refractivity contribution in [3.63, 3.8) is 0 Å². The number of benzene rings is 1. The van der Waals surface area contributed by atoms with Crippen LogP contribution >= 0.6 is 24.4 Å². The second-order valence-corrected chi connectivity index (χ2v) is 6.81. The molecule has 2 aromatic rings. The fourth-order valence-electron chi connectivity index (χ4n) is 2.72. The standard InChI is InChI=1S/C16H21N3S2/c20-11-14(13-7-3-1-4-8-13)12-21-16-18-17-15-9-5-2-6-10-19(15)16/h1,3-4,7-8,14,20H,2,5-6,9-12H2. The molecule has 5 heteroatoms. The minimum atomic E-state index is 0.457. The third kappa shape index (κ3) is 3.64. The molecule has 1 atom stereocenters. The van der Waals surface area contributed by atoms with Gasteiger partial charge in [0, 0.05) is 24.6 Å². The van der Waals surface area contributed by atoms with Gasteiger partial charge < -0.3 is 4.57 Å². The molecule has 1 aliphatic heterocycles. The first-order valence-corrected chi connectivity index (χ1v) is 9.21. The Hall–Kier alpha value is -0.940. The Kier molecular flexibility index (Phi) is 5.25. The first-order valence-electron chi connectivity index (χ1n) is 7.59. The molecule has 0 spiro atoms. The third-order valence-corrected chi connectivity index (χ3v) is 5.55. The highest BCUT2D eigenvalue weighted by Crippen LogP contribution is 2.28. The fraction of sp³-hybridized carbons (Fsp3) is 0.500. The molecular weight excluding hydrogens is 298 g/mol. The molecule has 0 N–H and O–H groups in total. The topological polar surface area (TPSA) is 30.7 Å². The molecule has 2 heterocycles. The summed E-state index contributed by atoms with van der Waals surface area (Å²) < 4.78 is 2.32. The van der Waals surface area contributed by atoms with E-state index in [1.807, 2.05) is 11.8 Å². The number of rotatable bonds is 5. The average molecular weight is 319 g/mol. The molecule has 1 unspecified atom stereocenters. The first-order chi connectivity index (χ1) is 10.4. The predicted molar refractivity (Wildman–Crippen MR) is 91.3 cm³/mol. The van der Waals surface area contributed by atoms with E-state index in [0.717, 1.165) is 35.5 Å². The Morgan fingerprint density at radius 3 is 2.81 bits per heavy atom. The van der Waals surface area contributed by atoms with Gasteiger partial charge in [0.25, 0.3) is 0 Å². The fourth-order valence-corrected chi connectivity index (χ4v) is 4.35. The molecule has 3 nitrogen and oxygen atoms in total. The van der Waals surface area contributed by atoms with Gasteiger partial charge in [-0.05, 0) is 24.2 Å². The van der Waals surface area contributed by atoms with Crippen LogP contribution in [0.3, 0.4) is 0 Å². The molecular formula is C16H21N3S2. The van der Waals surface area contributed by atoms with Crippen LogP contribution in [0, 0.1) is 0 Å². The van der Waals surface area contributed by atoms with Crippen molar-refractivity contribution in [3.05, 3.63) is 41.7 Å². The maximum Gasteiger partial charge on any atom is 0.191 e. The van der Waals surface area contributed by atoms with Crippen LogP contribution in [0.2, 0.25) is 0 Å². The number of fused-ring (bicyclic) bond motifs is 1. The van der Waals surface area contributed by atoms with Crippen molar-refractivity contribution in [2.45, 2.75) is 43.3 Å². The largest absolute Gasteiger partial charge is 0.306 e. The lowest BCUT2D eigenvalue weighted by Gasteiger charge is -2.14. The van der Waals surface area contributed by atoms with E-state index in [4.69, 9.17) is 0 Å². The van der Waals surface area contributed by atoms with E-state index in [1.54, 1.807) is 0 Å². The van der Waals surface area contributed by atoms with Gasteiger partial charge in [-0.15, -0.1) is 10.2 Å². The molecule has 0 saturated carbocycles. The van der Waals surface area contributed by atoms with Gasteiger partial charge in [0.05, 0.1) is 0 Å². The summed E-state index contributed by atoms with van der Waals surface area (Å²) in [6.45, 7) is 1.07. The van der Waals surface area contributed by atoms with Crippen molar-refractivity contribution < 1.29 is 0 Å². The highest BCUT2D eigenvalue weighted by atomic mass is 32.2. The van der Waals surface area contributed by atoms with Gasteiger partial charge in [-0.1, -0.05) is 48.5 Å². The smallest absolute Gasteiger partial charge is 0.191 e. The van der Waals surface area contributed by atoms with E-state index in [9.17, 15) is 0 Å². The summed E-state index contributed by atoms with van der Waals surface area (Å²) in [5.74, 6) is 3.49. The van der Waals surface area contributed by atoms with Gasteiger partial charge in [-0.3, -0.25) is 0 Å². The predicted octanol–water partition coefficient (Wildman–Crippen LogP) is 3.81. The van der Waals surface area contributed by atoms with Gasteiger partial charge in [0.2, 0.25) is 0 Å². The summed E-state index contributed by atoms with van der Waals surface area (Å²) in [7, 11) is 0. The maximum absolute atomic E-state index is 4.52. The molecule has 0 radical (unpaired) electrons. The number of hydrogen-bond acceptors (Lipinski definition) is 4. The van der Waals surface area contributed by atoms with E-state index in [2.05, 4.69) is 57.7 Å². The summed E-state index contributed by atoms with van der Waals surface area (Å²) >= 11 is 6.34. The second-order valence-electron chi connectivity index (χ2n) is 5.46. The molecule has 21 heavy (non-hydrogen) atoms. The molecule has 1 aromatic carbocycles. The van der Waals surface area contributed by atoms with Crippen molar-refractivity contribution in [2.75, 3.05) is 11.5 Å². The van der Waals surface area contributed by atoms with Gasteiger partial charge in [0.1, 0.15) is 5.82 Å².